The molecule has 2 fully saturated rings. The van der Waals surface area contributed by atoms with E-state index in [1.807, 2.05) is 13.8 Å². The summed E-state index contributed by atoms with van der Waals surface area (Å²) in [7, 11) is 0. The lowest BCUT2D eigenvalue weighted by molar-refractivity contribution is -0.395. The average Bonchev–Trinajstić information content (AvgIpc) is 3.57. The van der Waals surface area contributed by atoms with Crippen molar-refractivity contribution in [2.75, 3.05) is 13.2 Å². The van der Waals surface area contributed by atoms with Crippen molar-refractivity contribution in [2.45, 2.75) is 153 Å². The Morgan fingerprint density at radius 2 is 1.74 bits per heavy atom. The molecule has 3 aliphatic rings. The van der Waals surface area contributed by atoms with Crippen LogP contribution in [0, 0.1) is 11.8 Å². The number of aliphatic hydroxyl groups is 6. The lowest BCUT2D eigenvalue weighted by atomic mass is 9.86. The number of aromatic hydroxyl groups is 2. The third-order valence-electron chi connectivity index (χ3n) is 10.9. The van der Waals surface area contributed by atoms with Crippen LogP contribution in [0.5, 0.6) is 11.5 Å². The first-order valence-corrected chi connectivity index (χ1v) is 20.2. The van der Waals surface area contributed by atoms with E-state index in [1.165, 1.54) is 12.1 Å². The number of esters is 2. The molecule has 1 aromatic rings. The summed E-state index contributed by atoms with van der Waals surface area (Å²) in [4.78, 5) is 25.5. The zero-order chi connectivity index (χ0) is 42.6. The minimum Gasteiger partial charge on any atom is -0.508 e. The van der Waals surface area contributed by atoms with Gasteiger partial charge in [0.15, 0.2) is 18.5 Å². The zero-order valence-electron chi connectivity index (χ0n) is 33.7. The normalized spacial score (nSPS) is 31.5. The van der Waals surface area contributed by atoms with Crippen molar-refractivity contribution in [3.05, 3.63) is 59.7 Å². The minimum atomic E-state index is -2.25. The van der Waals surface area contributed by atoms with Gasteiger partial charge in [-0.25, -0.2) is 4.79 Å². The number of carbonyl (C=O) groups excluding carboxylic acids is 2. The molecule has 58 heavy (non-hydrogen) atoms. The van der Waals surface area contributed by atoms with Crippen LogP contribution in [0.25, 0.3) is 0 Å². The predicted molar refractivity (Wildman–Crippen MR) is 207 cm³/mol. The van der Waals surface area contributed by atoms with Crippen molar-refractivity contribution < 1.29 is 78.9 Å². The predicted octanol–water partition coefficient (Wildman–Crippen LogP) is 2.64. The number of hydrogen-bond donors (Lipinski definition) is 8. The van der Waals surface area contributed by atoms with Gasteiger partial charge in [-0.3, -0.25) is 4.79 Å². The number of phenolic OH excluding ortho intramolecular Hbond substituents is 2. The molecule has 13 unspecified atom stereocenters. The Labute approximate surface area is 339 Å². The first-order chi connectivity index (χ1) is 27.7. The number of unbranched alkanes of at least 4 members (excludes halogenated alkanes) is 2. The number of fused-ring (bicyclic) bond motifs is 2. The topological polar surface area (TPSA) is 251 Å². The Morgan fingerprint density at radius 1 is 0.983 bits per heavy atom. The van der Waals surface area contributed by atoms with Gasteiger partial charge in [0.2, 0.25) is 5.79 Å². The summed E-state index contributed by atoms with van der Waals surface area (Å²) in [5, 5.41) is 86.3. The van der Waals surface area contributed by atoms with Crippen LogP contribution in [0.3, 0.4) is 0 Å². The Hall–Kier alpha value is -3.42. The number of ether oxygens (including phenoxy) is 6. The number of hydrogen-bond acceptors (Lipinski definition) is 16. The van der Waals surface area contributed by atoms with Crippen LogP contribution >= 0.6 is 0 Å². The number of aliphatic hydroxyl groups excluding tert-OH is 6. The molecule has 13 atom stereocenters. The standard InChI is InChI=1S/C42H62O16/c1-5-7-17-32(47)53-23-31-35(49)36(50)37(51)41(55-31)57-38-30(21-43)58-42(34-26(22-54-42)19-27(44)20-29(34)46)40(52)39(38)56-33(48)18-13-9-12-16-28(45)25(4)15-11-8-10-14-24(3)6-2/h9-10,12-14,18-20,24-25,28,30-31,35-41,43-46,49-52H,5-8,11,15-17,21-23H2,1-4H3/b12-9+,14-10+,18-13+. The second kappa shape index (κ2) is 22.3. The number of phenols is 2. The van der Waals surface area contributed by atoms with Crippen molar-refractivity contribution >= 4 is 11.9 Å². The fraction of sp³-hybridized carbons (Fsp3) is 0.667. The van der Waals surface area contributed by atoms with Gasteiger partial charge in [-0.2, -0.15) is 0 Å². The molecular formula is C42H62O16. The highest BCUT2D eigenvalue weighted by atomic mass is 16.8. The maximum atomic E-state index is 13.3. The van der Waals surface area contributed by atoms with E-state index in [0.717, 1.165) is 44.2 Å². The molecule has 3 aliphatic heterocycles. The second-order valence-electron chi connectivity index (χ2n) is 15.4. The second-order valence-corrected chi connectivity index (χ2v) is 15.4. The molecule has 0 saturated carbocycles. The quantitative estimate of drug-likeness (QED) is 0.0310. The summed E-state index contributed by atoms with van der Waals surface area (Å²) in [6.07, 6.45) is -0.622. The van der Waals surface area contributed by atoms with Crippen molar-refractivity contribution in [1.29, 1.82) is 0 Å². The largest absolute Gasteiger partial charge is 0.508 e. The highest BCUT2D eigenvalue weighted by Gasteiger charge is 2.63. The lowest BCUT2D eigenvalue weighted by Crippen LogP contribution is -2.67. The van der Waals surface area contributed by atoms with Crippen molar-refractivity contribution in [1.82, 2.24) is 0 Å². The third-order valence-corrected chi connectivity index (χ3v) is 10.9. The first kappa shape index (κ1) is 47.3. The van der Waals surface area contributed by atoms with Gasteiger partial charge < -0.3 is 69.3 Å². The van der Waals surface area contributed by atoms with Crippen LogP contribution in [0.1, 0.15) is 90.2 Å². The molecule has 0 amide bonds. The first-order valence-electron chi connectivity index (χ1n) is 20.2. The van der Waals surface area contributed by atoms with E-state index in [4.69, 9.17) is 28.4 Å². The highest BCUT2D eigenvalue weighted by Crippen LogP contribution is 2.51. The van der Waals surface area contributed by atoms with Crippen LogP contribution in [0.15, 0.2) is 48.6 Å². The van der Waals surface area contributed by atoms with Crippen LogP contribution < -0.4 is 0 Å². The smallest absolute Gasteiger partial charge is 0.331 e. The van der Waals surface area contributed by atoms with E-state index in [2.05, 4.69) is 26.0 Å². The zero-order valence-corrected chi connectivity index (χ0v) is 33.7. The molecule has 326 valence electrons. The Bertz CT molecular complexity index is 1560. The number of rotatable bonds is 20. The van der Waals surface area contributed by atoms with Crippen LogP contribution in [0.4, 0.5) is 0 Å². The summed E-state index contributed by atoms with van der Waals surface area (Å²) in [5.41, 5.74) is 0.138. The van der Waals surface area contributed by atoms with Crippen LogP contribution in [0.2, 0.25) is 0 Å². The molecule has 0 radical (unpaired) electrons. The van der Waals surface area contributed by atoms with Gasteiger partial charge >= 0.3 is 11.9 Å². The molecule has 2 saturated heterocycles. The Morgan fingerprint density at radius 3 is 2.45 bits per heavy atom. The summed E-state index contributed by atoms with van der Waals surface area (Å²) >= 11 is 0. The van der Waals surface area contributed by atoms with Crippen molar-refractivity contribution in [3.8, 4) is 11.5 Å². The maximum Gasteiger partial charge on any atom is 0.331 e. The fourth-order valence-corrected chi connectivity index (χ4v) is 7.12. The molecular weight excluding hydrogens is 760 g/mol. The number of allylic oxidation sites excluding steroid dienone is 4. The van der Waals surface area contributed by atoms with Gasteiger partial charge in [-0.15, -0.1) is 0 Å². The fourth-order valence-electron chi connectivity index (χ4n) is 7.12. The Balaban J connectivity index is 1.51. The summed E-state index contributed by atoms with van der Waals surface area (Å²) in [6, 6.07) is 2.28. The molecule has 0 bridgehead atoms. The summed E-state index contributed by atoms with van der Waals surface area (Å²) in [5.74, 6) is -4.05. The molecule has 16 heteroatoms. The van der Waals surface area contributed by atoms with Crippen LogP contribution in [-0.2, 0) is 50.4 Å². The van der Waals surface area contributed by atoms with Crippen molar-refractivity contribution in [3.63, 3.8) is 0 Å². The summed E-state index contributed by atoms with van der Waals surface area (Å²) < 4.78 is 34.6. The average molecular weight is 823 g/mol. The molecule has 0 aromatic heterocycles. The number of benzene rings is 1. The van der Waals surface area contributed by atoms with Gasteiger partial charge in [-0.05, 0) is 55.6 Å². The molecule has 0 aliphatic carbocycles. The Kier molecular flexibility index (Phi) is 18.1. The molecule has 4 rings (SSSR count). The maximum absolute atomic E-state index is 13.3. The molecule has 1 spiro atoms. The van der Waals surface area contributed by atoms with E-state index >= 15 is 0 Å². The monoisotopic (exact) mass is 822 g/mol. The summed E-state index contributed by atoms with van der Waals surface area (Å²) in [6.45, 7) is 6.55. The molecule has 16 nitrogen and oxygen atoms in total. The minimum absolute atomic E-state index is 0.0489. The molecule has 8 N–H and O–H groups in total. The molecule has 3 heterocycles. The van der Waals surface area contributed by atoms with E-state index in [-0.39, 0.29) is 35.8 Å². The van der Waals surface area contributed by atoms with E-state index in [0.29, 0.717) is 18.8 Å². The molecule has 1 aromatic carbocycles. The van der Waals surface area contributed by atoms with E-state index < -0.39 is 97.9 Å². The van der Waals surface area contributed by atoms with Gasteiger partial charge in [0.25, 0.3) is 0 Å². The highest BCUT2D eigenvalue weighted by molar-refractivity contribution is 5.82. The van der Waals surface area contributed by atoms with Gasteiger partial charge in [0.1, 0.15) is 54.7 Å². The van der Waals surface area contributed by atoms with E-state index in [9.17, 15) is 50.4 Å². The van der Waals surface area contributed by atoms with Gasteiger partial charge in [0, 0.05) is 18.6 Å². The van der Waals surface area contributed by atoms with E-state index in [1.54, 1.807) is 12.2 Å². The van der Waals surface area contributed by atoms with Crippen LogP contribution in [-0.4, -0.2) is 127 Å². The number of carbonyl (C=O) groups is 2. The SMILES string of the molecule is CCCCC(=O)OCC1OC(OC2C(CO)OC3(OCc4cc(O)cc(O)c43)C(O)C2OC(=O)/C=C/C=C/CC(O)C(C)CCC/C=C/C(C)CC)C(O)C(O)C1O. The third kappa shape index (κ3) is 11.9. The van der Waals surface area contributed by atoms with Gasteiger partial charge in [-0.1, -0.05) is 70.9 Å². The van der Waals surface area contributed by atoms with Crippen molar-refractivity contribution in [2.24, 2.45) is 11.8 Å². The van der Waals surface area contributed by atoms with Gasteiger partial charge in [0.05, 0.1) is 24.9 Å². The lowest BCUT2D eigenvalue weighted by Gasteiger charge is -2.50.